The number of amides is 1. The van der Waals surface area contributed by atoms with E-state index < -0.39 is 15.9 Å². The van der Waals surface area contributed by atoms with Crippen molar-refractivity contribution in [2.75, 3.05) is 19.7 Å². The fourth-order valence-electron chi connectivity index (χ4n) is 3.28. The van der Waals surface area contributed by atoms with E-state index in [2.05, 4.69) is 5.32 Å². The smallest absolute Gasteiger partial charge is 0.285 e. The van der Waals surface area contributed by atoms with Gasteiger partial charge in [-0.05, 0) is 37.0 Å². The Balaban J connectivity index is 1.66. The molecular formula is C23H28N2O4S. The van der Waals surface area contributed by atoms with Gasteiger partial charge in [-0.1, -0.05) is 61.9 Å². The highest BCUT2D eigenvalue weighted by molar-refractivity contribution is 7.99. The number of hydrogen-bond acceptors (Lipinski definition) is 5. The van der Waals surface area contributed by atoms with Gasteiger partial charge in [0.2, 0.25) is 0 Å². The Bertz CT molecular complexity index is 973. The lowest BCUT2D eigenvalue weighted by Crippen LogP contribution is -2.34. The molecule has 1 amide bonds. The van der Waals surface area contributed by atoms with Crippen molar-refractivity contribution in [3.8, 4) is 5.75 Å². The van der Waals surface area contributed by atoms with Gasteiger partial charge in [0, 0.05) is 13.1 Å². The molecule has 1 N–H and O–H groups in total. The zero-order valence-corrected chi connectivity index (χ0v) is 18.0. The molecule has 0 spiro atoms. The third kappa shape index (κ3) is 5.02. The van der Waals surface area contributed by atoms with Crippen LogP contribution >= 0.6 is 0 Å². The van der Waals surface area contributed by atoms with Crippen LogP contribution in [0.3, 0.4) is 0 Å². The number of carbonyl (C=O) groups excluding carboxylic acids is 1. The van der Waals surface area contributed by atoms with Crippen LogP contribution in [-0.4, -0.2) is 38.3 Å². The zero-order valence-electron chi connectivity index (χ0n) is 17.2. The summed E-state index contributed by atoms with van der Waals surface area (Å²) in [4.78, 5) is 13.0. The van der Waals surface area contributed by atoms with E-state index in [0.29, 0.717) is 25.1 Å². The number of sulfonamides is 1. The number of rotatable bonds is 11. The molecule has 2 aromatic rings. The SMILES string of the molecule is CCCCN1C(=O)C(NCCCCOc2ccccc2)=C(c2ccccc2)S1(=O)=O. The van der Waals surface area contributed by atoms with Crippen LogP contribution in [-0.2, 0) is 14.8 Å². The number of ether oxygens (including phenoxy) is 1. The Morgan fingerprint density at radius 2 is 1.60 bits per heavy atom. The van der Waals surface area contributed by atoms with Gasteiger partial charge in [-0.15, -0.1) is 0 Å². The zero-order chi connectivity index (χ0) is 21.4. The first-order chi connectivity index (χ1) is 14.6. The standard InChI is InChI=1S/C23H28N2O4S/c1-2-3-17-25-23(26)21(22(30(25,27)28)19-12-6-4-7-13-19)24-16-10-11-18-29-20-14-8-5-9-15-20/h4-9,12-15,24H,2-3,10-11,16-18H2,1H3. The van der Waals surface area contributed by atoms with Crippen LogP contribution in [0.1, 0.15) is 38.2 Å². The summed E-state index contributed by atoms with van der Waals surface area (Å²) >= 11 is 0. The quantitative estimate of drug-likeness (QED) is 0.552. The molecule has 0 aliphatic carbocycles. The number of benzene rings is 2. The average Bonchev–Trinajstić information content (AvgIpc) is 2.95. The minimum atomic E-state index is -3.86. The molecule has 0 radical (unpaired) electrons. The molecule has 7 heteroatoms. The van der Waals surface area contributed by atoms with Crippen molar-refractivity contribution in [1.82, 2.24) is 9.62 Å². The Hall–Kier alpha value is -2.80. The van der Waals surface area contributed by atoms with Crippen molar-refractivity contribution in [1.29, 1.82) is 0 Å². The summed E-state index contributed by atoms with van der Waals surface area (Å²) < 4.78 is 32.9. The molecule has 1 heterocycles. The average molecular weight is 429 g/mol. The van der Waals surface area contributed by atoms with Gasteiger partial charge >= 0.3 is 0 Å². The third-order valence-corrected chi connectivity index (χ3v) is 6.74. The van der Waals surface area contributed by atoms with Gasteiger partial charge in [-0.2, -0.15) is 0 Å². The van der Waals surface area contributed by atoms with Crippen molar-refractivity contribution < 1.29 is 17.9 Å². The van der Waals surface area contributed by atoms with E-state index in [9.17, 15) is 13.2 Å². The number of hydrogen-bond donors (Lipinski definition) is 1. The normalized spacial score (nSPS) is 15.5. The van der Waals surface area contributed by atoms with Gasteiger partial charge in [-0.25, -0.2) is 12.7 Å². The predicted molar refractivity (Wildman–Crippen MR) is 118 cm³/mol. The van der Waals surface area contributed by atoms with Crippen molar-refractivity contribution in [2.45, 2.75) is 32.6 Å². The van der Waals surface area contributed by atoms with E-state index in [4.69, 9.17) is 4.74 Å². The molecule has 3 rings (SSSR count). The summed E-state index contributed by atoms with van der Waals surface area (Å²) in [6.07, 6.45) is 2.98. The second-order valence-electron chi connectivity index (χ2n) is 7.10. The summed E-state index contributed by atoms with van der Waals surface area (Å²) in [6.45, 7) is 3.22. The molecule has 0 unspecified atom stereocenters. The van der Waals surface area contributed by atoms with Crippen LogP contribution in [0.4, 0.5) is 0 Å². The van der Waals surface area contributed by atoms with E-state index in [1.54, 1.807) is 24.3 Å². The highest BCUT2D eigenvalue weighted by Gasteiger charge is 2.43. The van der Waals surface area contributed by atoms with Crippen LogP contribution in [0.5, 0.6) is 5.75 Å². The fraction of sp³-hybridized carbons (Fsp3) is 0.348. The van der Waals surface area contributed by atoms with E-state index in [1.165, 1.54) is 0 Å². The number of para-hydroxylation sites is 1. The summed E-state index contributed by atoms with van der Waals surface area (Å²) in [5.74, 6) is 0.353. The van der Waals surface area contributed by atoms with Crippen molar-refractivity contribution in [3.63, 3.8) is 0 Å². The van der Waals surface area contributed by atoms with E-state index in [0.717, 1.165) is 29.3 Å². The van der Waals surface area contributed by atoms with Gasteiger partial charge in [0.25, 0.3) is 15.9 Å². The van der Waals surface area contributed by atoms with Crippen LogP contribution < -0.4 is 10.1 Å². The molecule has 2 aromatic carbocycles. The fourth-order valence-corrected chi connectivity index (χ4v) is 5.03. The maximum absolute atomic E-state index is 13.1. The first kappa shape index (κ1) is 21.9. The van der Waals surface area contributed by atoms with Crippen molar-refractivity contribution >= 4 is 20.8 Å². The lowest BCUT2D eigenvalue weighted by Gasteiger charge is -2.16. The highest BCUT2D eigenvalue weighted by atomic mass is 32.2. The maximum atomic E-state index is 13.1. The molecule has 6 nitrogen and oxygen atoms in total. The summed E-state index contributed by atoms with van der Waals surface area (Å²) in [5, 5.41) is 3.09. The molecular weight excluding hydrogens is 400 g/mol. The van der Waals surface area contributed by atoms with Crippen molar-refractivity contribution in [2.24, 2.45) is 0 Å². The Kier molecular flexibility index (Phi) is 7.52. The van der Waals surface area contributed by atoms with Gasteiger partial charge in [0.05, 0.1) is 6.61 Å². The molecule has 0 atom stereocenters. The largest absolute Gasteiger partial charge is 0.494 e. The van der Waals surface area contributed by atoms with E-state index in [1.807, 2.05) is 43.3 Å². The Morgan fingerprint density at radius 3 is 2.27 bits per heavy atom. The lowest BCUT2D eigenvalue weighted by atomic mass is 10.1. The first-order valence-corrected chi connectivity index (χ1v) is 11.8. The minimum Gasteiger partial charge on any atom is -0.494 e. The van der Waals surface area contributed by atoms with Gasteiger partial charge in [0.1, 0.15) is 16.4 Å². The van der Waals surface area contributed by atoms with Crippen LogP contribution in [0.2, 0.25) is 0 Å². The Morgan fingerprint density at radius 1 is 0.933 bits per heavy atom. The molecule has 30 heavy (non-hydrogen) atoms. The second kappa shape index (κ2) is 10.3. The van der Waals surface area contributed by atoms with Gasteiger partial charge in [0.15, 0.2) is 0 Å². The van der Waals surface area contributed by atoms with Crippen LogP contribution in [0, 0.1) is 0 Å². The number of carbonyl (C=O) groups is 1. The molecule has 1 aliphatic heterocycles. The van der Waals surface area contributed by atoms with E-state index >= 15 is 0 Å². The maximum Gasteiger partial charge on any atom is 0.285 e. The predicted octanol–water partition coefficient (Wildman–Crippen LogP) is 3.78. The molecule has 0 aromatic heterocycles. The summed E-state index contributed by atoms with van der Waals surface area (Å²) in [7, 11) is -3.86. The van der Waals surface area contributed by atoms with E-state index in [-0.39, 0.29) is 17.1 Å². The van der Waals surface area contributed by atoms with Crippen molar-refractivity contribution in [3.05, 3.63) is 71.9 Å². The Labute approximate surface area is 178 Å². The molecule has 0 saturated heterocycles. The summed E-state index contributed by atoms with van der Waals surface area (Å²) in [5.41, 5.74) is 0.695. The number of nitrogens with one attached hydrogen (secondary N) is 1. The monoisotopic (exact) mass is 428 g/mol. The topological polar surface area (TPSA) is 75.7 Å². The van der Waals surface area contributed by atoms with Crippen LogP contribution in [0.25, 0.3) is 4.91 Å². The third-order valence-electron chi connectivity index (χ3n) is 4.85. The minimum absolute atomic E-state index is 0.0738. The molecule has 0 saturated carbocycles. The second-order valence-corrected chi connectivity index (χ2v) is 8.90. The lowest BCUT2D eigenvalue weighted by molar-refractivity contribution is -0.122. The highest BCUT2D eigenvalue weighted by Crippen LogP contribution is 2.34. The van der Waals surface area contributed by atoms with Gasteiger partial charge < -0.3 is 10.1 Å². The van der Waals surface area contributed by atoms with Gasteiger partial charge in [-0.3, -0.25) is 4.79 Å². The molecule has 1 aliphatic rings. The number of nitrogens with zero attached hydrogens (tertiary/aromatic N) is 1. The molecule has 0 bridgehead atoms. The molecule has 0 fully saturated rings. The first-order valence-electron chi connectivity index (χ1n) is 10.3. The summed E-state index contributed by atoms with van der Waals surface area (Å²) in [6, 6.07) is 18.4. The molecule has 160 valence electrons. The number of unbranched alkanes of at least 4 members (excludes halogenated alkanes) is 2. The van der Waals surface area contributed by atoms with Crippen LogP contribution in [0.15, 0.2) is 66.4 Å².